The molecule has 1 aromatic rings. The topological polar surface area (TPSA) is 37.8 Å². The van der Waals surface area contributed by atoms with Gasteiger partial charge in [-0.3, -0.25) is 0 Å². The lowest BCUT2D eigenvalue weighted by Crippen LogP contribution is -2.28. The van der Waals surface area contributed by atoms with E-state index in [1.165, 1.54) is 32.1 Å². The van der Waals surface area contributed by atoms with Crippen LogP contribution in [0.4, 0.5) is 5.82 Å². The molecule has 20 heavy (non-hydrogen) atoms. The molecule has 1 aliphatic carbocycles. The summed E-state index contributed by atoms with van der Waals surface area (Å²) in [5, 5.41) is 4.09. The summed E-state index contributed by atoms with van der Waals surface area (Å²) < 4.78 is 0. The number of hydrogen-bond donors (Lipinski definition) is 1. The Morgan fingerprint density at radius 3 is 2.70 bits per heavy atom. The summed E-state index contributed by atoms with van der Waals surface area (Å²) in [6, 6.07) is 2.36. The lowest BCUT2D eigenvalue weighted by Gasteiger charge is -2.29. The van der Waals surface area contributed by atoms with Crippen LogP contribution in [0.3, 0.4) is 0 Å². The Morgan fingerprint density at radius 2 is 2.05 bits per heavy atom. The smallest absolute Gasteiger partial charge is 0.137 e. The van der Waals surface area contributed by atoms with E-state index in [1.54, 1.807) is 0 Å². The molecule has 4 heteroatoms. The van der Waals surface area contributed by atoms with Crippen LogP contribution in [-0.4, -0.2) is 16.0 Å². The molecule has 0 spiro atoms. The summed E-state index contributed by atoms with van der Waals surface area (Å²) in [5.74, 6) is 2.52. The molecule has 1 aliphatic rings. The van der Waals surface area contributed by atoms with Gasteiger partial charge in [-0.1, -0.05) is 58.6 Å². The van der Waals surface area contributed by atoms with Crippen LogP contribution in [0, 0.1) is 5.92 Å². The summed E-state index contributed by atoms with van der Waals surface area (Å²) in [6.45, 7) is 8.61. The SMILES string of the molecule is CCC1CCCC(Nc2cc(Cl)nc(C(C)(C)C)n2)C1. The van der Waals surface area contributed by atoms with E-state index in [0.717, 1.165) is 17.6 Å². The van der Waals surface area contributed by atoms with Gasteiger partial charge in [-0.05, 0) is 18.8 Å². The second-order valence-electron chi connectivity index (χ2n) is 6.93. The van der Waals surface area contributed by atoms with Gasteiger partial charge < -0.3 is 5.32 Å². The zero-order chi connectivity index (χ0) is 14.8. The maximum Gasteiger partial charge on any atom is 0.137 e. The fourth-order valence-corrected chi connectivity index (χ4v) is 3.01. The highest BCUT2D eigenvalue weighted by Gasteiger charge is 2.23. The normalized spacial score (nSPS) is 23.6. The number of rotatable bonds is 3. The van der Waals surface area contributed by atoms with Crippen molar-refractivity contribution in [3.05, 3.63) is 17.0 Å². The van der Waals surface area contributed by atoms with Crippen LogP contribution in [0.1, 0.15) is 65.6 Å². The number of anilines is 1. The monoisotopic (exact) mass is 295 g/mol. The van der Waals surface area contributed by atoms with E-state index in [-0.39, 0.29) is 5.41 Å². The van der Waals surface area contributed by atoms with Gasteiger partial charge in [-0.25, -0.2) is 9.97 Å². The number of nitrogens with zero attached hydrogens (tertiary/aromatic N) is 2. The molecule has 2 atom stereocenters. The van der Waals surface area contributed by atoms with Crippen LogP contribution in [0.2, 0.25) is 5.15 Å². The molecule has 1 saturated carbocycles. The first-order valence-corrected chi connectivity index (χ1v) is 8.08. The lowest BCUT2D eigenvalue weighted by molar-refractivity contribution is 0.327. The van der Waals surface area contributed by atoms with Crippen LogP contribution in [0.25, 0.3) is 0 Å². The van der Waals surface area contributed by atoms with Crippen molar-refractivity contribution in [3.8, 4) is 0 Å². The molecular weight excluding hydrogens is 270 g/mol. The van der Waals surface area contributed by atoms with Crippen molar-refractivity contribution in [3.63, 3.8) is 0 Å². The molecule has 112 valence electrons. The fraction of sp³-hybridized carbons (Fsp3) is 0.750. The summed E-state index contributed by atoms with van der Waals surface area (Å²) >= 11 is 6.14. The van der Waals surface area contributed by atoms with E-state index in [4.69, 9.17) is 11.6 Å². The number of aromatic nitrogens is 2. The van der Waals surface area contributed by atoms with Gasteiger partial charge in [0.25, 0.3) is 0 Å². The Balaban J connectivity index is 2.11. The molecule has 2 unspecified atom stereocenters. The maximum absolute atomic E-state index is 6.14. The fourth-order valence-electron chi connectivity index (χ4n) is 2.83. The van der Waals surface area contributed by atoms with Crippen molar-refractivity contribution in [2.24, 2.45) is 5.92 Å². The van der Waals surface area contributed by atoms with Gasteiger partial charge in [-0.2, -0.15) is 0 Å². The van der Waals surface area contributed by atoms with Gasteiger partial charge >= 0.3 is 0 Å². The number of halogens is 1. The van der Waals surface area contributed by atoms with Crippen LogP contribution in [0.5, 0.6) is 0 Å². The standard InChI is InChI=1S/C16H26ClN3/c1-5-11-7-6-8-12(9-11)18-14-10-13(17)19-15(20-14)16(2,3)4/h10-12H,5-9H2,1-4H3,(H,18,19,20). The summed E-state index contributed by atoms with van der Waals surface area (Å²) in [4.78, 5) is 8.99. The van der Waals surface area contributed by atoms with Crippen molar-refractivity contribution >= 4 is 17.4 Å². The molecule has 3 nitrogen and oxygen atoms in total. The first-order chi connectivity index (χ1) is 9.38. The third-order valence-corrected chi connectivity index (χ3v) is 4.27. The molecule has 0 amide bonds. The Hall–Kier alpha value is -0.830. The minimum atomic E-state index is -0.0835. The molecule has 1 heterocycles. The Labute approximate surface area is 127 Å². The van der Waals surface area contributed by atoms with E-state index in [2.05, 4.69) is 43.0 Å². The van der Waals surface area contributed by atoms with Gasteiger partial charge in [0.2, 0.25) is 0 Å². The van der Waals surface area contributed by atoms with Crippen molar-refractivity contribution < 1.29 is 0 Å². The minimum Gasteiger partial charge on any atom is -0.367 e. The highest BCUT2D eigenvalue weighted by Crippen LogP contribution is 2.29. The van der Waals surface area contributed by atoms with Gasteiger partial charge in [0.15, 0.2) is 0 Å². The predicted octanol–water partition coefficient (Wildman–Crippen LogP) is 4.81. The van der Waals surface area contributed by atoms with E-state index >= 15 is 0 Å². The quantitative estimate of drug-likeness (QED) is 0.813. The van der Waals surface area contributed by atoms with Crippen molar-refractivity contribution in [1.82, 2.24) is 9.97 Å². The van der Waals surface area contributed by atoms with Gasteiger partial charge in [-0.15, -0.1) is 0 Å². The Bertz CT molecular complexity index is 454. The van der Waals surface area contributed by atoms with Crippen LogP contribution in [-0.2, 0) is 5.41 Å². The highest BCUT2D eigenvalue weighted by atomic mass is 35.5. The molecule has 0 bridgehead atoms. The molecule has 2 rings (SSSR count). The van der Waals surface area contributed by atoms with E-state index in [0.29, 0.717) is 11.2 Å². The van der Waals surface area contributed by atoms with E-state index < -0.39 is 0 Å². The first kappa shape index (κ1) is 15.6. The minimum absolute atomic E-state index is 0.0835. The zero-order valence-electron chi connectivity index (χ0n) is 13.0. The lowest BCUT2D eigenvalue weighted by atomic mass is 9.84. The molecule has 1 aromatic heterocycles. The van der Waals surface area contributed by atoms with Gasteiger partial charge in [0.1, 0.15) is 16.8 Å². The molecule has 1 N–H and O–H groups in total. The van der Waals surface area contributed by atoms with Gasteiger partial charge in [0.05, 0.1) is 0 Å². The Kier molecular flexibility index (Phi) is 4.90. The largest absolute Gasteiger partial charge is 0.367 e. The Morgan fingerprint density at radius 1 is 1.30 bits per heavy atom. The molecule has 0 saturated heterocycles. The molecule has 0 radical (unpaired) electrons. The third-order valence-electron chi connectivity index (χ3n) is 4.08. The highest BCUT2D eigenvalue weighted by molar-refractivity contribution is 6.29. The van der Waals surface area contributed by atoms with Crippen LogP contribution in [0.15, 0.2) is 6.07 Å². The molecule has 0 aliphatic heterocycles. The van der Waals surface area contributed by atoms with Crippen LogP contribution < -0.4 is 5.32 Å². The molecular formula is C16H26ClN3. The summed E-state index contributed by atoms with van der Waals surface area (Å²) in [5.41, 5.74) is -0.0835. The molecule has 0 aromatic carbocycles. The number of nitrogens with one attached hydrogen (secondary N) is 1. The summed E-state index contributed by atoms with van der Waals surface area (Å²) in [7, 11) is 0. The van der Waals surface area contributed by atoms with Crippen molar-refractivity contribution in [1.29, 1.82) is 0 Å². The predicted molar refractivity (Wildman–Crippen MR) is 85.4 cm³/mol. The zero-order valence-corrected chi connectivity index (χ0v) is 13.8. The van der Waals surface area contributed by atoms with Crippen molar-refractivity contribution in [2.45, 2.75) is 71.3 Å². The first-order valence-electron chi connectivity index (χ1n) is 7.70. The van der Waals surface area contributed by atoms with Crippen molar-refractivity contribution in [2.75, 3.05) is 5.32 Å². The van der Waals surface area contributed by atoms with Gasteiger partial charge in [0, 0.05) is 17.5 Å². The van der Waals surface area contributed by atoms with E-state index in [9.17, 15) is 0 Å². The number of hydrogen-bond acceptors (Lipinski definition) is 3. The second-order valence-corrected chi connectivity index (χ2v) is 7.32. The maximum atomic E-state index is 6.14. The van der Waals surface area contributed by atoms with E-state index in [1.807, 2.05) is 6.07 Å². The second kappa shape index (κ2) is 6.30. The molecule has 1 fully saturated rings. The third kappa shape index (κ3) is 4.08. The average molecular weight is 296 g/mol. The van der Waals surface area contributed by atoms with Crippen LogP contribution >= 0.6 is 11.6 Å². The average Bonchev–Trinajstić information content (AvgIpc) is 2.37. The summed E-state index contributed by atoms with van der Waals surface area (Å²) in [6.07, 6.45) is 6.41.